The first-order valence-corrected chi connectivity index (χ1v) is 5.11. The van der Waals surface area contributed by atoms with Gasteiger partial charge in [0.2, 0.25) is 5.91 Å². The van der Waals surface area contributed by atoms with Crippen molar-refractivity contribution >= 4 is 5.91 Å². The van der Waals surface area contributed by atoms with Crippen LogP contribution in [0.25, 0.3) is 0 Å². The summed E-state index contributed by atoms with van der Waals surface area (Å²) in [6.07, 6.45) is 6.09. The highest BCUT2D eigenvalue weighted by molar-refractivity contribution is 5.78. The van der Waals surface area contributed by atoms with Crippen molar-refractivity contribution in [1.29, 1.82) is 0 Å². The Morgan fingerprint density at radius 2 is 2.29 bits per heavy atom. The van der Waals surface area contributed by atoms with Crippen molar-refractivity contribution in [2.75, 3.05) is 26.8 Å². The molecule has 0 aromatic carbocycles. The molecule has 4 nitrogen and oxygen atoms in total. The third-order valence-electron chi connectivity index (χ3n) is 2.14. The van der Waals surface area contributed by atoms with E-state index in [1.54, 1.807) is 0 Å². The molecule has 80 valence electrons. The zero-order valence-corrected chi connectivity index (χ0v) is 8.99. The second-order valence-electron chi connectivity index (χ2n) is 3.65. The van der Waals surface area contributed by atoms with E-state index < -0.39 is 0 Å². The minimum absolute atomic E-state index is 0.110. The van der Waals surface area contributed by atoms with Gasteiger partial charge in [0.1, 0.15) is 0 Å². The molecule has 0 aliphatic carbocycles. The molecule has 0 aromatic heterocycles. The lowest BCUT2D eigenvalue weighted by atomic mass is 10.3. The lowest BCUT2D eigenvalue weighted by molar-refractivity contribution is -0.121. The zero-order valence-electron chi connectivity index (χ0n) is 8.99. The molecule has 0 saturated carbocycles. The quantitative estimate of drug-likeness (QED) is 0.655. The summed E-state index contributed by atoms with van der Waals surface area (Å²) in [7, 11) is 1.99. The fourth-order valence-electron chi connectivity index (χ4n) is 1.34. The van der Waals surface area contributed by atoms with Gasteiger partial charge >= 0.3 is 0 Å². The van der Waals surface area contributed by atoms with Gasteiger partial charge in [0.05, 0.1) is 13.2 Å². The first-order valence-electron chi connectivity index (χ1n) is 5.11. The summed E-state index contributed by atoms with van der Waals surface area (Å²) >= 11 is 0. The molecule has 0 aromatic rings. The molecular formula is C10H19N3O. The van der Waals surface area contributed by atoms with E-state index >= 15 is 0 Å². The molecule has 1 aliphatic heterocycles. The monoisotopic (exact) mass is 197 g/mol. The van der Waals surface area contributed by atoms with Crippen LogP contribution in [0.3, 0.4) is 0 Å². The maximum Gasteiger partial charge on any atom is 0.239 e. The number of carbonyl (C=O) groups is 1. The van der Waals surface area contributed by atoms with Gasteiger partial charge in [-0.05, 0) is 6.42 Å². The Labute approximate surface area is 85.6 Å². The van der Waals surface area contributed by atoms with E-state index in [1.807, 2.05) is 29.2 Å². The molecule has 0 unspecified atom stereocenters. The second kappa shape index (κ2) is 5.52. The molecule has 4 heteroatoms. The first kappa shape index (κ1) is 10.9. The summed E-state index contributed by atoms with van der Waals surface area (Å²) in [6, 6.07) is 0. The van der Waals surface area contributed by atoms with Crippen molar-refractivity contribution in [2.45, 2.75) is 19.8 Å². The van der Waals surface area contributed by atoms with Crippen LogP contribution in [0.2, 0.25) is 0 Å². The van der Waals surface area contributed by atoms with E-state index in [4.69, 9.17) is 0 Å². The molecule has 1 amide bonds. The number of carbonyl (C=O) groups excluding carboxylic acids is 1. The van der Waals surface area contributed by atoms with Crippen molar-refractivity contribution in [2.24, 2.45) is 0 Å². The molecule has 1 rings (SSSR count). The van der Waals surface area contributed by atoms with Gasteiger partial charge in [-0.15, -0.1) is 0 Å². The van der Waals surface area contributed by atoms with Gasteiger partial charge in [-0.1, -0.05) is 13.3 Å². The Morgan fingerprint density at radius 1 is 1.50 bits per heavy atom. The van der Waals surface area contributed by atoms with Crippen molar-refractivity contribution in [1.82, 2.24) is 15.1 Å². The van der Waals surface area contributed by atoms with Crippen LogP contribution in [0, 0.1) is 0 Å². The summed E-state index contributed by atoms with van der Waals surface area (Å²) in [5.74, 6) is 0.110. The minimum Gasteiger partial charge on any atom is -0.362 e. The number of unbranched alkanes of at least 4 members (excludes halogenated alkanes) is 1. The average molecular weight is 197 g/mol. The third kappa shape index (κ3) is 3.68. The lowest BCUT2D eigenvalue weighted by Gasteiger charge is -2.17. The highest BCUT2D eigenvalue weighted by atomic mass is 16.2. The topological polar surface area (TPSA) is 35.6 Å². The molecule has 1 aliphatic rings. The Bertz CT molecular complexity index is 215. The minimum atomic E-state index is 0.110. The third-order valence-corrected chi connectivity index (χ3v) is 2.14. The lowest BCUT2D eigenvalue weighted by Crippen LogP contribution is -2.36. The van der Waals surface area contributed by atoms with Crippen LogP contribution in [-0.2, 0) is 4.79 Å². The van der Waals surface area contributed by atoms with Crippen LogP contribution < -0.4 is 5.32 Å². The number of amides is 1. The Kier molecular flexibility index (Phi) is 4.29. The maximum absolute atomic E-state index is 11.4. The number of rotatable bonds is 5. The molecule has 1 heterocycles. The van der Waals surface area contributed by atoms with Crippen molar-refractivity contribution in [3.05, 3.63) is 12.4 Å². The van der Waals surface area contributed by atoms with Crippen LogP contribution >= 0.6 is 0 Å². The molecule has 0 bridgehead atoms. The van der Waals surface area contributed by atoms with E-state index in [-0.39, 0.29) is 5.91 Å². The molecule has 14 heavy (non-hydrogen) atoms. The van der Waals surface area contributed by atoms with Crippen LogP contribution in [0.5, 0.6) is 0 Å². The van der Waals surface area contributed by atoms with Crippen molar-refractivity contribution < 1.29 is 4.79 Å². The van der Waals surface area contributed by atoms with Gasteiger partial charge in [0, 0.05) is 26.0 Å². The number of nitrogens with zero attached hydrogens (tertiary/aromatic N) is 2. The largest absolute Gasteiger partial charge is 0.362 e. The predicted molar refractivity (Wildman–Crippen MR) is 56.4 cm³/mol. The Morgan fingerprint density at radius 3 is 2.86 bits per heavy atom. The average Bonchev–Trinajstić information content (AvgIpc) is 2.52. The van der Waals surface area contributed by atoms with Crippen LogP contribution in [0.15, 0.2) is 12.4 Å². The maximum atomic E-state index is 11.4. The van der Waals surface area contributed by atoms with Gasteiger partial charge in [0.15, 0.2) is 0 Å². The first-order chi connectivity index (χ1) is 6.72. The summed E-state index contributed by atoms with van der Waals surface area (Å²) < 4.78 is 0. The fourth-order valence-corrected chi connectivity index (χ4v) is 1.34. The van der Waals surface area contributed by atoms with Crippen LogP contribution in [0.1, 0.15) is 19.8 Å². The summed E-state index contributed by atoms with van der Waals surface area (Å²) in [5, 5.41) is 2.89. The second-order valence-corrected chi connectivity index (χ2v) is 3.65. The molecule has 1 N–H and O–H groups in total. The van der Waals surface area contributed by atoms with Crippen molar-refractivity contribution in [3.63, 3.8) is 0 Å². The summed E-state index contributed by atoms with van der Waals surface area (Å²) in [6.45, 7) is 4.18. The smallest absolute Gasteiger partial charge is 0.239 e. The zero-order chi connectivity index (χ0) is 10.4. The Balaban J connectivity index is 2.12. The molecule has 0 saturated heterocycles. The highest BCUT2D eigenvalue weighted by Gasteiger charge is 2.11. The van der Waals surface area contributed by atoms with Gasteiger partial charge in [-0.3, -0.25) is 4.79 Å². The fraction of sp³-hybridized carbons (Fsp3) is 0.700. The van der Waals surface area contributed by atoms with E-state index in [0.29, 0.717) is 6.54 Å². The predicted octanol–water partition coefficient (Wildman–Crippen LogP) is 0.579. The molecule has 0 fully saturated rings. The van der Waals surface area contributed by atoms with Crippen LogP contribution in [-0.4, -0.2) is 42.5 Å². The van der Waals surface area contributed by atoms with E-state index in [2.05, 4.69) is 12.2 Å². The van der Waals surface area contributed by atoms with Gasteiger partial charge in [0.25, 0.3) is 0 Å². The van der Waals surface area contributed by atoms with Gasteiger partial charge in [-0.25, -0.2) is 0 Å². The van der Waals surface area contributed by atoms with E-state index in [9.17, 15) is 4.79 Å². The summed E-state index contributed by atoms with van der Waals surface area (Å²) in [5.41, 5.74) is 0. The Hall–Kier alpha value is -1.19. The molecular weight excluding hydrogens is 178 g/mol. The highest BCUT2D eigenvalue weighted by Crippen LogP contribution is 2.02. The van der Waals surface area contributed by atoms with E-state index in [1.165, 1.54) is 0 Å². The van der Waals surface area contributed by atoms with Gasteiger partial charge in [-0.2, -0.15) is 0 Å². The van der Waals surface area contributed by atoms with Gasteiger partial charge < -0.3 is 15.1 Å². The number of hydrogen-bond acceptors (Lipinski definition) is 3. The van der Waals surface area contributed by atoms with E-state index in [0.717, 1.165) is 26.1 Å². The van der Waals surface area contributed by atoms with Crippen molar-refractivity contribution in [3.8, 4) is 0 Å². The summed E-state index contributed by atoms with van der Waals surface area (Å²) in [4.78, 5) is 15.4. The molecule has 0 spiro atoms. The number of hydrogen-bond donors (Lipinski definition) is 1. The molecule has 0 atom stereocenters. The molecule has 0 radical (unpaired) electrons. The standard InChI is InChI=1S/C10H19N3O/c1-3-4-5-11-10(14)8-13-7-6-12(2)9-13/h6-7H,3-5,8-9H2,1-2H3,(H,11,14). The SMILES string of the molecule is CCCCNC(=O)CN1C=CN(C)C1. The number of nitrogens with one attached hydrogen (secondary N) is 1. The normalized spacial score (nSPS) is 15.0. The van der Waals surface area contributed by atoms with Crippen LogP contribution in [0.4, 0.5) is 0 Å².